The van der Waals surface area contributed by atoms with Gasteiger partial charge in [0, 0.05) is 6.42 Å². The second kappa shape index (κ2) is 14.7. The summed E-state index contributed by atoms with van der Waals surface area (Å²) in [5.41, 5.74) is 16.0. The number of carbonyl (C=O) groups excluding carboxylic acids is 4. The van der Waals surface area contributed by atoms with Gasteiger partial charge in [-0.05, 0) is 25.8 Å². The van der Waals surface area contributed by atoms with Crippen LogP contribution in [0.4, 0.5) is 0 Å². The number of rotatable bonds is 16. The molecule has 0 aromatic heterocycles. The van der Waals surface area contributed by atoms with Gasteiger partial charge in [-0.15, -0.1) is 0 Å². The van der Waals surface area contributed by atoms with Crippen LogP contribution in [0, 0.1) is 0 Å². The average molecular weight is 446 g/mol. The highest BCUT2D eigenvalue weighted by atomic mass is 16.4. The molecule has 0 aliphatic heterocycles. The van der Waals surface area contributed by atoms with Gasteiger partial charge in [-0.3, -0.25) is 24.0 Å². The maximum Gasteiger partial charge on any atom is 0.326 e. The number of carboxylic acid groups (broad SMARTS) is 2. The molecule has 0 bridgehead atoms. The third kappa shape index (κ3) is 12.8. The molecule has 3 atom stereocenters. The number of aliphatic carboxylic acids is 2. The Morgan fingerprint density at radius 2 is 1.52 bits per heavy atom. The second-order valence-electron chi connectivity index (χ2n) is 6.73. The fraction of sp³-hybridized carbons (Fsp3) is 0.647. The topological polar surface area (TPSA) is 257 Å². The zero-order chi connectivity index (χ0) is 24.0. The molecule has 0 aliphatic rings. The van der Waals surface area contributed by atoms with Gasteiger partial charge >= 0.3 is 11.9 Å². The van der Waals surface area contributed by atoms with E-state index in [0.29, 0.717) is 19.4 Å². The minimum Gasteiger partial charge on any atom is -0.481 e. The van der Waals surface area contributed by atoms with Crippen molar-refractivity contribution in [1.82, 2.24) is 16.0 Å². The molecule has 0 aromatic carbocycles. The Kier molecular flexibility index (Phi) is 13.1. The number of carboxylic acids is 2. The van der Waals surface area contributed by atoms with Gasteiger partial charge in [-0.1, -0.05) is 6.42 Å². The Balaban J connectivity index is 4.80. The van der Waals surface area contributed by atoms with Crippen molar-refractivity contribution in [3.63, 3.8) is 0 Å². The van der Waals surface area contributed by atoms with Crippen LogP contribution in [-0.2, 0) is 28.8 Å². The van der Waals surface area contributed by atoms with Gasteiger partial charge in [-0.25, -0.2) is 4.79 Å². The van der Waals surface area contributed by atoms with Crippen LogP contribution in [0.2, 0.25) is 0 Å². The molecule has 31 heavy (non-hydrogen) atoms. The van der Waals surface area contributed by atoms with E-state index in [1.165, 1.54) is 0 Å². The summed E-state index contributed by atoms with van der Waals surface area (Å²) in [7, 11) is 0. The van der Waals surface area contributed by atoms with E-state index in [-0.39, 0.29) is 19.3 Å². The summed E-state index contributed by atoms with van der Waals surface area (Å²) in [6.07, 6.45) is 0.221. The van der Waals surface area contributed by atoms with Gasteiger partial charge in [0.2, 0.25) is 23.6 Å². The first-order valence-corrected chi connectivity index (χ1v) is 9.53. The molecular formula is C17H30N6O8. The number of primary amides is 1. The lowest BCUT2D eigenvalue weighted by molar-refractivity contribution is -0.142. The van der Waals surface area contributed by atoms with Gasteiger partial charge in [-0.2, -0.15) is 0 Å². The van der Waals surface area contributed by atoms with Crippen molar-refractivity contribution in [2.45, 2.75) is 56.7 Å². The fourth-order valence-corrected chi connectivity index (χ4v) is 2.38. The highest BCUT2D eigenvalue weighted by Crippen LogP contribution is 2.01. The molecule has 0 saturated carbocycles. The third-order valence-electron chi connectivity index (χ3n) is 4.05. The maximum atomic E-state index is 12.2. The third-order valence-corrected chi connectivity index (χ3v) is 4.05. The number of nitrogens with one attached hydrogen (secondary N) is 3. The molecule has 0 aromatic rings. The Morgan fingerprint density at radius 1 is 0.871 bits per heavy atom. The standard InChI is InChI=1S/C17H30N6O8/c18-6-2-1-3-9(19)15(28)23-11(7-14(26)27)16(29)21-8-13(25)22-10(17(30)31)4-5-12(20)24/h9-11H,1-8,18-19H2,(H2,20,24)(H,21,29)(H,22,25)(H,23,28)(H,26,27)(H,30,31). The van der Waals surface area contributed by atoms with E-state index < -0.39 is 66.7 Å². The summed E-state index contributed by atoms with van der Waals surface area (Å²) in [5, 5.41) is 24.5. The molecule has 14 nitrogen and oxygen atoms in total. The Hall–Kier alpha value is -3.26. The highest BCUT2D eigenvalue weighted by molar-refractivity contribution is 5.94. The molecule has 0 spiro atoms. The molecule has 0 fully saturated rings. The summed E-state index contributed by atoms with van der Waals surface area (Å²) in [6, 6.07) is -3.87. The van der Waals surface area contributed by atoms with Crippen molar-refractivity contribution in [3.8, 4) is 0 Å². The normalized spacial score (nSPS) is 13.4. The summed E-state index contributed by atoms with van der Waals surface area (Å²) in [4.78, 5) is 69.1. The maximum absolute atomic E-state index is 12.2. The summed E-state index contributed by atoms with van der Waals surface area (Å²) in [6.45, 7) is -0.264. The van der Waals surface area contributed by atoms with Gasteiger partial charge in [0.05, 0.1) is 19.0 Å². The second-order valence-corrected chi connectivity index (χ2v) is 6.73. The Bertz CT molecular complexity index is 671. The van der Waals surface area contributed by atoms with E-state index in [4.69, 9.17) is 27.4 Å². The van der Waals surface area contributed by atoms with E-state index in [1.807, 2.05) is 0 Å². The molecule has 0 saturated heterocycles. The van der Waals surface area contributed by atoms with Gasteiger partial charge in [0.25, 0.3) is 0 Å². The van der Waals surface area contributed by atoms with Crippen LogP contribution in [0.3, 0.4) is 0 Å². The first-order valence-electron chi connectivity index (χ1n) is 9.53. The van der Waals surface area contributed by atoms with Crippen LogP contribution in [0.5, 0.6) is 0 Å². The molecule has 4 amide bonds. The number of amides is 4. The summed E-state index contributed by atoms with van der Waals surface area (Å²) >= 11 is 0. The van der Waals surface area contributed by atoms with Crippen LogP contribution in [0.15, 0.2) is 0 Å². The zero-order valence-corrected chi connectivity index (χ0v) is 17.0. The Labute approximate surface area is 178 Å². The minimum atomic E-state index is -1.50. The van der Waals surface area contributed by atoms with E-state index in [1.54, 1.807) is 0 Å². The van der Waals surface area contributed by atoms with Gasteiger partial charge in [0.15, 0.2) is 0 Å². The molecule has 14 heteroatoms. The molecule has 3 unspecified atom stereocenters. The van der Waals surface area contributed by atoms with Crippen molar-refractivity contribution in [2.75, 3.05) is 13.1 Å². The zero-order valence-electron chi connectivity index (χ0n) is 17.0. The SMILES string of the molecule is NCCCCC(N)C(=O)NC(CC(=O)O)C(=O)NCC(=O)NC(CCC(N)=O)C(=O)O. The number of hydrogen-bond acceptors (Lipinski definition) is 8. The largest absolute Gasteiger partial charge is 0.481 e. The smallest absolute Gasteiger partial charge is 0.326 e. The van der Waals surface area contributed by atoms with Crippen molar-refractivity contribution in [2.24, 2.45) is 17.2 Å². The van der Waals surface area contributed by atoms with E-state index in [2.05, 4.69) is 16.0 Å². The molecular weight excluding hydrogens is 416 g/mol. The monoisotopic (exact) mass is 446 g/mol. The summed E-state index contributed by atoms with van der Waals surface area (Å²) in [5.74, 6) is -6.13. The van der Waals surface area contributed by atoms with Gasteiger partial charge < -0.3 is 43.4 Å². The molecule has 0 rings (SSSR count). The van der Waals surface area contributed by atoms with Crippen LogP contribution in [0.25, 0.3) is 0 Å². The average Bonchev–Trinajstić information content (AvgIpc) is 2.67. The number of carbonyl (C=O) groups is 6. The molecule has 0 radical (unpaired) electrons. The minimum absolute atomic E-state index is 0.246. The van der Waals surface area contributed by atoms with Gasteiger partial charge in [0.1, 0.15) is 12.1 Å². The number of unbranched alkanes of at least 4 members (excludes halogenated alkanes) is 1. The quantitative estimate of drug-likeness (QED) is 0.108. The predicted molar refractivity (Wildman–Crippen MR) is 106 cm³/mol. The number of hydrogen-bond donors (Lipinski definition) is 8. The van der Waals surface area contributed by atoms with Crippen LogP contribution in [-0.4, -0.2) is 77.0 Å². The van der Waals surface area contributed by atoms with Crippen LogP contribution >= 0.6 is 0 Å². The summed E-state index contributed by atoms with van der Waals surface area (Å²) < 4.78 is 0. The van der Waals surface area contributed by atoms with Crippen LogP contribution in [0.1, 0.15) is 38.5 Å². The molecule has 11 N–H and O–H groups in total. The lowest BCUT2D eigenvalue weighted by atomic mass is 10.1. The highest BCUT2D eigenvalue weighted by Gasteiger charge is 2.27. The van der Waals surface area contributed by atoms with E-state index in [9.17, 15) is 28.8 Å². The molecule has 0 aliphatic carbocycles. The van der Waals surface area contributed by atoms with E-state index >= 15 is 0 Å². The van der Waals surface area contributed by atoms with Crippen molar-refractivity contribution >= 4 is 35.6 Å². The van der Waals surface area contributed by atoms with Crippen molar-refractivity contribution in [3.05, 3.63) is 0 Å². The lowest BCUT2D eigenvalue weighted by Gasteiger charge is -2.20. The Morgan fingerprint density at radius 3 is 2.03 bits per heavy atom. The number of nitrogens with two attached hydrogens (primary N) is 3. The molecule has 176 valence electrons. The van der Waals surface area contributed by atoms with Crippen LogP contribution < -0.4 is 33.2 Å². The van der Waals surface area contributed by atoms with Crippen molar-refractivity contribution < 1.29 is 39.0 Å². The fourth-order valence-electron chi connectivity index (χ4n) is 2.38. The first kappa shape index (κ1) is 27.7. The molecule has 0 heterocycles. The first-order chi connectivity index (χ1) is 14.5. The predicted octanol–water partition coefficient (Wildman–Crippen LogP) is -3.65. The van der Waals surface area contributed by atoms with E-state index in [0.717, 1.165) is 0 Å². The lowest BCUT2D eigenvalue weighted by Crippen LogP contribution is -2.54. The van der Waals surface area contributed by atoms with Crippen molar-refractivity contribution in [1.29, 1.82) is 0 Å².